The van der Waals surface area contributed by atoms with Crippen molar-refractivity contribution < 1.29 is 4.79 Å². The van der Waals surface area contributed by atoms with Crippen LogP contribution in [-0.2, 0) is 24.1 Å². The first-order chi connectivity index (χ1) is 13.0. The maximum atomic E-state index is 12.7. The zero-order chi connectivity index (χ0) is 19.6. The van der Waals surface area contributed by atoms with Gasteiger partial charge in [-0.25, -0.2) is 9.50 Å². The van der Waals surface area contributed by atoms with Crippen LogP contribution in [0.25, 0.3) is 5.78 Å². The minimum absolute atomic E-state index is 0.0286. The van der Waals surface area contributed by atoms with Crippen molar-refractivity contribution in [1.82, 2.24) is 19.6 Å². The lowest BCUT2D eigenvalue weighted by Crippen LogP contribution is -2.16. The van der Waals surface area contributed by atoms with Crippen LogP contribution in [0.3, 0.4) is 0 Å². The Bertz CT molecular complexity index is 996. The highest BCUT2D eigenvalue weighted by Crippen LogP contribution is 2.29. The monoisotopic (exact) mass is 385 g/mol. The molecule has 0 spiro atoms. The van der Waals surface area contributed by atoms with Gasteiger partial charge in [0.05, 0.1) is 0 Å². The van der Waals surface area contributed by atoms with Crippen LogP contribution in [0.1, 0.15) is 48.3 Å². The number of rotatable bonds is 6. The van der Waals surface area contributed by atoms with E-state index in [2.05, 4.69) is 27.3 Å². The van der Waals surface area contributed by atoms with Crippen LogP contribution in [0.2, 0.25) is 5.02 Å². The van der Waals surface area contributed by atoms with Crippen molar-refractivity contribution in [2.45, 2.75) is 53.4 Å². The first-order valence-corrected chi connectivity index (χ1v) is 9.59. The van der Waals surface area contributed by atoms with Crippen LogP contribution in [-0.4, -0.2) is 25.5 Å². The van der Waals surface area contributed by atoms with Gasteiger partial charge in [-0.1, -0.05) is 31.5 Å². The van der Waals surface area contributed by atoms with Crippen molar-refractivity contribution >= 4 is 29.0 Å². The second-order valence-electron chi connectivity index (χ2n) is 6.55. The van der Waals surface area contributed by atoms with Crippen LogP contribution in [0.15, 0.2) is 18.5 Å². The highest BCUT2D eigenvalue weighted by atomic mass is 35.5. The Morgan fingerprint density at radius 1 is 1.19 bits per heavy atom. The number of carbonyl (C=O) groups is 1. The number of halogens is 1. The summed E-state index contributed by atoms with van der Waals surface area (Å²) >= 11 is 6.33. The summed E-state index contributed by atoms with van der Waals surface area (Å²) in [5.74, 6) is 0.552. The summed E-state index contributed by atoms with van der Waals surface area (Å²) in [6, 6.07) is 3.88. The Hall–Kier alpha value is -2.47. The molecule has 0 saturated heterocycles. The summed E-state index contributed by atoms with van der Waals surface area (Å²) in [4.78, 5) is 21.3. The number of hydrogen-bond acceptors (Lipinski definition) is 4. The first-order valence-electron chi connectivity index (χ1n) is 9.22. The molecule has 3 aromatic rings. The van der Waals surface area contributed by atoms with Crippen LogP contribution in [0.5, 0.6) is 0 Å². The molecule has 0 aliphatic carbocycles. The number of aryl methyl sites for hydroxylation is 3. The molecule has 1 N–H and O–H groups in total. The minimum Gasteiger partial charge on any atom is -0.326 e. The third-order valence-corrected chi connectivity index (χ3v) is 5.29. The molecule has 0 unspecified atom stereocenters. The van der Waals surface area contributed by atoms with Crippen molar-refractivity contribution in [2.75, 3.05) is 5.32 Å². The highest BCUT2D eigenvalue weighted by molar-refractivity contribution is 6.32. The number of benzene rings is 1. The summed E-state index contributed by atoms with van der Waals surface area (Å²) in [5.41, 5.74) is 5.82. The first kappa shape index (κ1) is 19.3. The molecule has 0 fully saturated rings. The molecule has 1 amide bonds. The van der Waals surface area contributed by atoms with E-state index in [1.807, 2.05) is 32.9 Å². The number of nitrogens with one attached hydrogen (secondary N) is 1. The van der Waals surface area contributed by atoms with Crippen LogP contribution in [0.4, 0.5) is 5.69 Å². The smallest absolute Gasteiger partial charge is 0.252 e. The fraction of sp³-hybridized carbons (Fsp3) is 0.400. The Balaban J connectivity index is 1.79. The second-order valence-corrected chi connectivity index (χ2v) is 6.96. The van der Waals surface area contributed by atoms with Crippen molar-refractivity contribution in [1.29, 1.82) is 0 Å². The lowest BCUT2D eigenvalue weighted by Gasteiger charge is -2.16. The SMILES string of the molecule is CCc1ccc(Cl)c(CC)c1NC(=O)CCc1c(C)nc2ncnn2c1C. The molecule has 0 atom stereocenters. The molecule has 7 heteroatoms. The number of fused-ring (bicyclic) bond motifs is 1. The van der Waals surface area contributed by atoms with Gasteiger partial charge in [0, 0.05) is 28.5 Å². The van der Waals surface area contributed by atoms with E-state index in [1.54, 1.807) is 4.52 Å². The fourth-order valence-corrected chi connectivity index (χ4v) is 3.72. The van der Waals surface area contributed by atoms with Crippen LogP contribution < -0.4 is 5.32 Å². The molecule has 2 aromatic heterocycles. The third-order valence-electron chi connectivity index (χ3n) is 4.93. The quantitative estimate of drug-likeness (QED) is 0.693. The Labute approximate surface area is 164 Å². The summed E-state index contributed by atoms with van der Waals surface area (Å²) in [6.45, 7) is 8.04. The molecule has 0 radical (unpaired) electrons. The number of anilines is 1. The number of aromatic nitrogens is 4. The van der Waals surface area contributed by atoms with Crippen molar-refractivity contribution in [2.24, 2.45) is 0 Å². The van der Waals surface area contributed by atoms with Crippen molar-refractivity contribution in [3.8, 4) is 0 Å². The van der Waals surface area contributed by atoms with E-state index in [1.165, 1.54) is 6.33 Å². The zero-order valence-electron chi connectivity index (χ0n) is 16.1. The molecule has 0 bridgehead atoms. The average Bonchev–Trinajstić information content (AvgIpc) is 3.10. The molecule has 142 valence electrons. The Morgan fingerprint density at radius 2 is 1.96 bits per heavy atom. The number of carbonyl (C=O) groups excluding carboxylic acids is 1. The maximum Gasteiger partial charge on any atom is 0.252 e. The average molecular weight is 386 g/mol. The number of hydrogen-bond donors (Lipinski definition) is 1. The predicted molar refractivity (Wildman–Crippen MR) is 107 cm³/mol. The number of amides is 1. The van der Waals surface area contributed by atoms with Gasteiger partial charge in [-0.3, -0.25) is 4.79 Å². The third kappa shape index (κ3) is 3.81. The minimum atomic E-state index is -0.0286. The van der Waals surface area contributed by atoms with E-state index in [0.29, 0.717) is 23.6 Å². The molecule has 1 aromatic carbocycles. The Kier molecular flexibility index (Phi) is 5.75. The van der Waals surface area contributed by atoms with Gasteiger partial charge < -0.3 is 5.32 Å². The summed E-state index contributed by atoms with van der Waals surface area (Å²) in [6.07, 6.45) is 4.05. The summed E-state index contributed by atoms with van der Waals surface area (Å²) in [5, 5.41) is 7.97. The van der Waals surface area contributed by atoms with Crippen molar-refractivity contribution in [3.63, 3.8) is 0 Å². The molecule has 3 rings (SSSR count). The largest absolute Gasteiger partial charge is 0.326 e. The van der Waals surface area contributed by atoms with E-state index in [4.69, 9.17) is 11.6 Å². The normalized spacial score (nSPS) is 11.1. The molecule has 27 heavy (non-hydrogen) atoms. The van der Waals surface area contributed by atoms with E-state index in [9.17, 15) is 4.79 Å². The molecule has 2 heterocycles. The lowest BCUT2D eigenvalue weighted by atomic mass is 10.0. The maximum absolute atomic E-state index is 12.7. The fourth-order valence-electron chi connectivity index (χ4n) is 3.42. The van der Waals surface area contributed by atoms with Gasteiger partial charge in [0.15, 0.2) is 0 Å². The van der Waals surface area contributed by atoms with Crippen LogP contribution in [0, 0.1) is 13.8 Å². The number of nitrogens with zero attached hydrogens (tertiary/aromatic N) is 4. The molecule has 0 aliphatic heterocycles. The molecular weight excluding hydrogens is 362 g/mol. The van der Waals surface area contributed by atoms with E-state index in [0.717, 1.165) is 46.6 Å². The van der Waals surface area contributed by atoms with Gasteiger partial charge in [-0.2, -0.15) is 10.1 Å². The lowest BCUT2D eigenvalue weighted by molar-refractivity contribution is -0.116. The molecule has 0 aliphatic rings. The highest BCUT2D eigenvalue weighted by Gasteiger charge is 2.15. The Morgan fingerprint density at radius 3 is 2.67 bits per heavy atom. The molecular formula is C20H24ClN5O. The van der Waals surface area contributed by atoms with E-state index < -0.39 is 0 Å². The molecule has 6 nitrogen and oxygen atoms in total. The van der Waals surface area contributed by atoms with Crippen molar-refractivity contribution in [3.05, 3.63) is 51.6 Å². The van der Waals surface area contributed by atoms with Gasteiger partial charge in [0.2, 0.25) is 5.91 Å². The second kappa shape index (κ2) is 8.05. The predicted octanol–water partition coefficient (Wildman–Crippen LogP) is 4.09. The summed E-state index contributed by atoms with van der Waals surface area (Å²) in [7, 11) is 0. The van der Waals surface area contributed by atoms with Gasteiger partial charge in [-0.05, 0) is 55.9 Å². The zero-order valence-corrected chi connectivity index (χ0v) is 16.9. The summed E-state index contributed by atoms with van der Waals surface area (Å²) < 4.78 is 1.71. The van der Waals surface area contributed by atoms with Gasteiger partial charge in [0.1, 0.15) is 6.33 Å². The van der Waals surface area contributed by atoms with Gasteiger partial charge in [-0.15, -0.1) is 0 Å². The van der Waals surface area contributed by atoms with E-state index in [-0.39, 0.29) is 5.91 Å². The standard InChI is InChI=1S/C20H24ClN5O/c1-5-14-7-9-17(21)15(6-2)19(14)25-18(27)10-8-16-12(3)24-20-22-11-23-26(20)13(16)4/h7,9,11H,5-6,8,10H2,1-4H3,(H,25,27). The van der Waals surface area contributed by atoms with Crippen LogP contribution >= 0.6 is 11.6 Å². The van der Waals surface area contributed by atoms with Gasteiger partial charge in [0.25, 0.3) is 5.78 Å². The van der Waals surface area contributed by atoms with E-state index >= 15 is 0 Å². The van der Waals surface area contributed by atoms with Gasteiger partial charge >= 0.3 is 0 Å². The topological polar surface area (TPSA) is 72.2 Å². The molecule has 0 saturated carbocycles.